The normalized spacial score (nSPS) is 9.81. The molecule has 0 aliphatic heterocycles. The summed E-state index contributed by atoms with van der Waals surface area (Å²) in [5.41, 5.74) is 0.445. The highest BCUT2D eigenvalue weighted by molar-refractivity contribution is 6.67. The molecule has 2 aromatic rings. The Morgan fingerprint density at radius 1 is 1.12 bits per heavy atom. The molecule has 0 N–H and O–H groups in total. The van der Waals surface area contributed by atoms with E-state index in [2.05, 4.69) is 4.98 Å². The predicted octanol–water partition coefficient (Wildman–Crippen LogP) is 3.25. The molecular weight excluding hydrogens is 226 g/mol. The van der Waals surface area contributed by atoms with Gasteiger partial charge in [0.2, 0.25) is 0 Å². The van der Waals surface area contributed by atoms with E-state index in [-0.39, 0.29) is 0 Å². The van der Waals surface area contributed by atoms with Crippen LogP contribution in [0.15, 0.2) is 48.8 Å². The van der Waals surface area contributed by atoms with Gasteiger partial charge in [-0.2, -0.15) is 0 Å². The molecule has 1 aromatic carbocycles. The monoisotopic (exact) mass is 233 g/mol. The van der Waals surface area contributed by atoms with Gasteiger partial charge in [0.15, 0.2) is 0 Å². The van der Waals surface area contributed by atoms with Crippen molar-refractivity contribution in [3.8, 4) is 11.5 Å². The fourth-order valence-corrected chi connectivity index (χ4v) is 1.32. The molecule has 0 atom stereocenters. The van der Waals surface area contributed by atoms with E-state index in [0.717, 1.165) is 0 Å². The highest BCUT2D eigenvalue weighted by Crippen LogP contribution is 2.20. The number of halogens is 1. The Morgan fingerprint density at radius 2 is 1.88 bits per heavy atom. The molecule has 0 radical (unpaired) electrons. The van der Waals surface area contributed by atoms with E-state index in [1.165, 1.54) is 0 Å². The third kappa shape index (κ3) is 2.58. The summed E-state index contributed by atoms with van der Waals surface area (Å²) < 4.78 is 5.50. The van der Waals surface area contributed by atoms with Crippen LogP contribution in [0, 0.1) is 0 Å². The van der Waals surface area contributed by atoms with Crippen molar-refractivity contribution in [2.45, 2.75) is 0 Å². The van der Waals surface area contributed by atoms with E-state index >= 15 is 0 Å². The number of rotatable bonds is 3. The van der Waals surface area contributed by atoms with Gasteiger partial charge in [0.05, 0.1) is 6.20 Å². The highest BCUT2D eigenvalue weighted by atomic mass is 35.5. The van der Waals surface area contributed by atoms with Crippen molar-refractivity contribution in [2.75, 3.05) is 0 Å². The number of hydrogen-bond acceptors (Lipinski definition) is 3. The fraction of sp³-hybridized carbons (Fsp3) is 0. The fourth-order valence-electron chi connectivity index (χ4n) is 1.20. The van der Waals surface area contributed by atoms with E-state index in [1.807, 2.05) is 0 Å². The van der Waals surface area contributed by atoms with Crippen molar-refractivity contribution in [1.82, 2.24) is 4.98 Å². The maximum absolute atomic E-state index is 10.8. The molecule has 1 heterocycles. The first kappa shape index (κ1) is 10.6. The largest absolute Gasteiger partial charge is 0.456 e. The Bertz CT molecular complexity index is 482. The van der Waals surface area contributed by atoms with Gasteiger partial charge in [-0.15, -0.1) is 0 Å². The zero-order valence-electron chi connectivity index (χ0n) is 8.26. The predicted molar refractivity (Wildman–Crippen MR) is 60.9 cm³/mol. The summed E-state index contributed by atoms with van der Waals surface area (Å²) in [6.45, 7) is 0. The first-order valence-corrected chi connectivity index (χ1v) is 5.01. The molecular formula is C12H8ClNO2. The molecule has 16 heavy (non-hydrogen) atoms. The average Bonchev–Trinajstić information content (AvgIpc) is 2.31. The van der Waals surface area contributed by atoms with Gasteiger partial charge in [0.25, 0.3) is 5.24 Å². The van der Waals surface area contributed by atoms with Crippen LogP contribution >= 0.6 is 11.6 Å². The summed E-state index contributed by atoms with van der Waals surface area (Å²) in [5, 5.41) is -0.479. The first-order valence-electron chi connectivity index (χ1n) is 4.63. The second-order valence-corrected chi connectivity index (χ2v) is 3.43. The standard InChI is InChI=1S/C12H8ClNO2/c13-12(15)9-3-5-10(6-4-9)16-11-2-1-7-14-8-11/h1-8H. The Morgan fingerprint density at radius 3 is 2.44 bits per heavy atom. The van der Waals surface area contributed by atoms with Crippen LogP contribution < -0.4 is 4.74 Å². The van der Waals surface area contributed by atoms with E-state index in [4.69, 9.17) is 16.3 Å². The molecule has 0 amide bonds. The summed E-state index contributed by atoms with van der Waals surface area (Å²) in [6, 6.07) is 10.2. The topological polar surface area (TPSA) is 39.2 Å². The number of nitrogens with zero attached hydrogens (tertiary/aromatic N) is 1. The van der Waals surface area contributed by atoms with Crippen molar-refractivity contribution in [3.63, 3.8) is 0 Å². The molecule has 4 heteroatoms. The lowest BCUT2D eigenvalue weighted by Crippen LogP contribution is -1.89. The van der Waals surface area contributed by atoms with E-state index in [1.54, 1.807) is 48.8 Å². The summed E-state index contributed by atoms with van der Waals surface area (Å²) in [5.74, 6) is 1.28. The number of carbonyl (C=O) groups excluding carboxylic acids is 1. The Labute approximate surface area is 97.7 Å². The number of hydrogen-bond donors (Lipinski definition) is 0. The lowest BCUT2D eigenvalue weighted by Gasteiger charge is -2.04. The van der Waals surface area contributed by atoms with Gasteiger partial charge in [-0.05, 0) is 48.0 Å². The zero-order chi connectivity index (χ0) is 11.4. The molecule has 0 aliphatic rings. The van der Waals surface area contributed by atoms with Gasteiger partial charge < -0.3 is 4.74 Å². The summed E-state index contributed by atoms with van der Waals surface area (Å²) >= 11 is 5.33. The molecule has 2 rings (SSSR count). The number of benzene rings is 1. The minimum absolute atomic E-state index is 0.445. The summed E-state index contributed by atoms with van der Waals surface area (Å²) in [4.78, 5) is 14.8. The first-order chi connectivity index (χ1) is 7.75. The van der Waals surface area contributed by atoms with Gasteiger partial charge in [-0.1, -0.05) is 0 Å². The average molecular weight is 234 g/mol. The molecule has 1 aromatic heterocycles. The van der Waals surface area contributed by atoms with Crippen LogP contribution in [0.25, 0.3) is 0 Å². The molecule has 80 valence electrons. The van der Waals surface area contributed by atoms with Crippen LogP contribution in [0.1, 0.15) is 10.4 Å². The molecule has 0 aliphatic carbocycles. The molecule has 0 fully saturated rings. The minimum atomic E-state index is -0.479. The quantitative estimate of drug-likeness (QED) is 0.764. The highest BCUT2D eigenvalue weighted by Gasteiger charge is 2.02. The van der Waals surface area contributed by atoms with Crippen molar-refractivity contribution in [3.05, 3.63) is 54.4 Å². The Balaban J connectivity index is 2.14. The maximum atomic E-state index is 10.8. The van der Waals surface area contributed by atoms with Crippen LogP contribution in [0.4, 0.5) is 0 Å². The molecule has 3 nitrogen and oxygen atoms in total. The number of ether oxygens (including phenoxy) is 1. The third-order valence-corrected chi connectivity index (χ3v) is 2.17. The van der Waals surface area contributed by atoms with Crippen LogP contribution in [0.2, 0.25) is 0 Å². The smallest absolute Gasteiger partial charge is 0.252 e. The minimum Gasteiger partial charge on any atom is -0.456 e. The van der Waals surface area contributed by atoms with E-state index < -0.39 is 5.24 Å². The van der Waals surface area contributed by atoms with Gasteiger partial charge >= 0.3 is 0 Å². The third-order valence-electron chi connectivity index (χ3n) is 1.95. The van der Waals surface area contributed by atoms with Gasteiger partial charge in [0.1, 0.15) is 11.5 Å². The van der Waals surface area contributed by atoms with E-state index in [0.29, 0.717) is 17.1 Å². The molecule has 0 saturated carbocycles. The van der Waals surface area contributed by atoms with Crippen molar-refractivity contribution in [2.24, 2.45) is 0 Å². The van der Waals surface area contributed by atoms with Crippen molar-refractivity contribution >= 4 is 16.8 Å². The summed E-state index contributed by atoms with van der Waals surface area (Å²) in [7, 11) is 0. The van der Waals surface area contributed by atoms with Crippen molar-refractivity contribution in [1.29, 1.82) is 0 Å². The van der Waals surface area contributed by atoms with E-state index in [9.17, 15) is 4.79 Å². The number of pyridine rings is 1. The lowest BCUT2D eigenvalue weighted by molar-refractivity contribution is 0.108. The van der Waals surface area contributed by atoms with Gasteiger partial charge in [-0.3, -0.25) is 9.78 Å². The number of aromatic nitrogens is 1. The molecule has 0 unspecified atom stereocenters. The van der Waals surface area contributed by atoms with Crippen LogP contribution in [0.5, 0.6) is 11.5 Å². The second-order valence-electron chi connectivity index (χ2n) is 3.09. The molecule has 0 spiro atoms. The summed E-state index contributed by atoms with van der Waals surface area (Å²) in [6.07, 6.45) is 3.28. The number of carbonyl (C=O) groups is 1. The SMILES string of the molecule is O=C(Cl)c1ccc(Oc2cccnc2)cc1. The Kier molecular flexibility index (Phi) is 3.17. The van der Waals surface area contributed by atoms with Crippen LogP contribution in [-0.2, 0) is 0 Å². The molecule has 0 bridgehead atoms. The maximum Gasteiger partial charge on any atom is 0.252 e. The van der Waals surface area contributed by atoms with Crippen LogP contribution in [0.3, 0.4) is 0 Å². The Hall–Kier alpha value is -1.87. The van der Waals surface area contributed by atoms with Gasteiger partial charge in [0, 0.05) is 11.8 Å². The second kappa shape index (κ2) is 4.77. The van der Waals surface area contributed by atoms with Crippen molar-refractivity contribution < 1.29 is 9.53 Å². The lowest BCUT2D eigenvalue weighted by atomic mass is 10.2. The van der Waals surface area contributed by atoms with Gasteiger partial charge in [-0.25, -0.2) is 0 Å². The zero-order valence-corrected chi connectivity index (χ0v) is 9.02. The molecule has 0 saturated heterocycles. The van der Waals surface area contributed by atoms with Crippen LogP contribution in [-0.4, -0.2) is 10.2 Å².